The summed E-state index contributed by atoms with van der Waals surface area (Å²) in [6.45, 7) is 8.07. The van der Waals surface area contributed by atoms with Crippen molar-refractivity contribution in [3.05, 3.63) is 18.0 Å². The van der Waals surface area contributed by atoms with Crippen molar-refractivity contribution in [2.75, 3.05) is 72.1 Å². The Morgan fingerprint density at radius 3 is 2.62 bits per heavy atom. The summed E-state index contributed by atoms with van der Waals surface area (Å²) in [5.41, 5.74) is 1.49. The van der Waals surface area contributed by atoms with Crippen LogP contribution in [0.5, 0.6) is 0 Å². The number of rotatable bonds is 6. The number of ether oxygens (including phenoxy) is 2. The molecule has 1 aromatic heterocycles. The predicted octanol–water partition coefficient (Wildman–Crippen LogP) is 1.88. The van der Waals surface area contributed by atoms with E-state index in [1.807, 2.05) is 38.5 Å². The molecule has 2 aliphatic heterocycles. The van der Waals surface area contributed by atoms with Crippen LogP contribution in [-0.2, 0) is 16.0 Å². The van der Waals surface area contributed by atoms with Crippen molar-refractivity contribution in [2.45, 2.75) is 38.3 Å². The topological polar surface area (TPSA) is 54.0 Å². The first-order valence-corrected chi connectivity index (χ1v) is 11.1. The lowest BCUT2D eigenvalue weighted by Crippen LogP contribution is -2.56. The molecule has 3 heterocycles. The lowest BCUT2D eigenvalue weighted by molar-refractivity contribution is -0.0871. The molecule has 0 bridgehead atoms. The number of likely N-dealkylation sites (tertiary alicyclic amines) is 1. The average Bonchev–Trinajstić information content (AvgIpc) is 2.74. The van der Waals surface area contributed by atoms with Crippen LogP contribution in [0.4, 0.5) is 5.95 Å². The molecule has 4 rings (SSSR count). The van der Waals surface area contributed by atoms with Crippen LogP contribution in [0.2, 0.25) is 0 Å². The molecule has 0 unspecified atom stereocenters. The minimum Gasteiger partial charge on any atom is -0.384 e. The number of anilines is 1. The highest BCUT2D eigenvalue weighted by Gasteiger charge is 2.47. The first kappa shape index (κ1) is 21.0. The van der Waals surface area contributed by atoms with Crippen molar-refractivity contribution in [3.8, 4) is 0 Å². The first-order chi connectivity index (χ1) is 14.1. The van der Waals surface area contributed by atoms with E-state index in [1.165, 1.54) is 31.2 Å². The maximum absolute atomic E-state index is 5.77. The fourth-order valence-electron chi connectivity index (χ4n) is 5.70. The molecule has 0 radical (unpaired) electrons. The standard InChI is InChI=1S/C22H37N5O2/c1-25(2)21-23-13-18(14-24-21)15-26-7-5-19-12-20(27-8-10-29-11-9-27)4-6-22(19,16-26)17-28-3/h13-14,19-20H,4-12,15-17H2,1-3H3/t19-,20-,22+/m1/s1. The van der Waals surface area contributed by atoms with Crippen LogP contribution in [0.25, 0.3) is 0 Å². The molecule has 7 nitrogen and oxygen atoms in total. The maximum atomic E-state index is 5.77. The van der Waals surface area contributed by atoms with Gasteiger partial charge >= 0.3 is 0 Å². The Morgan fingerprint density at radius 1 is 1.17 bits per heavy atom. The third kappa shape index (κ3) is 4.74. The second kappa shape index (κ2) is 9.25. The molecule has 1 aromatic rings. The van der Waals surface area contributed by atoms with Gasteiger partial charge < -0.3 is 14.4 Å². The fraction of sp³-hybridized carbons (Fsp3) is 0.818. The van der Waals surface area contributed by atoms with E-state index in [-0.39, 0.29) is 0 Å². The van der Waals surface area contributed by atoms with Crippen molar-refractivity contribution in [2.24, 2.45) is 11.3 Å². The Hall–Kier alpha value is -1.28. The number of morpholine rings is 1. The monoisotopic (exact) mass is 403 g/mol. The molecule has 2 saturated heterocycles. The molecular weight excluding hydrogens is 366 g/mol. The molecule has 0 amide bonds. The quantitative estimate of drug-likeness (QED) is 0.719. The maximum Gasteiger partial charge on any atom is 0.224 e. The second-order valence-corrected chi connectivity index (χ2v) is 9.35. The van der Waals surface area contributed by atoms with Crippen LogP contribution >= 0.6 is 0 Å². The van der Waals surface area contributed by atoms with Crippen molar-refractivity contribution in [1.82, 2.24) is 19.8 Å². The van der Waals surface area contributed by atoms with Gasteiger partial charge in [-0.05, 0) is 38.1 Å². The third-order valence-electron chi connectivity index (χ3n) is 7.22. The smallest absolute Gasteiger partial charge is 0.224 e. The summed E-state index contributed by atoms with van der Waals surface area (Å²) >= 11 is 0. The zero-order valence-corrected chi connectivity index (χ0v) is 18.3. The van der Waals surface area contributed by atoms with Crippen LogP contribution in [0, 0.1) is 11.3 Å². The van der Waals surface area contributed by atoms with E-state index >= 15 is 0 Å². The van der Waals surface area contributed by atoms with Gasteiger partial charge in [0.1, 0.15) is 0 Å². The molecule has 3 atom stereocenters. The summed E-state index contributed by atoms with van der Waals surface area (Å²) in [5, 5.41) is 0. The predicted molar refractivity (Wildman–Crippen MR) is 114 cm³/mol. The molecule has 29 heavy (non-hydrogen) atoms. The van der Waals surface area contributed by atoms with Gasteiger partial charge in [-0.15, -0.1) is 0 Å². The summed E-state index contributed by atoms with van der Waals surface area (Å²) in [5.74, 6) is 1.53. The lowest BCUT2D eigenvalue weighted by atomic mass is 9.62. The second-order valence-electron chi connectivity index (χ2n) is 9.35. The SMILES string of the molecule is COC[C@@]12CC[C@@H](N3CCOCC3)C[C@H]1CCN(Cc1cnc(N(C)C)nc1)C2. The summed E-state index contributed by atoms with van der Waals surface area (Å²) in [6.07, 6.45) is 9.09. The van der Waals surface area contributed by atoms with Crippen LogP contribution in [0.3, 0.4) is 0 Å². The minimum absolute atomic E-state index is 0.292. The van der Waals surface area contributed by atoms with Crippen LogP contribution < -0.4 is 4.90 Å². The fourth-order valence-corrected chi connectivity index (χ4v) is 5.70. The van der Waals surface area contributed by atoms with E-state index in [1.54, 1.807) is 0 Å². The number of hydrogen-bond acceptors (Lipinski definition) is 7. The van der Waals surface area contributed by atoms with Crippen molar-refractivity contribution < 1.29 is 9.47 Å². The van der Waals surface area contributed by atoms with Gasteiger partial charge in [-0.1, -0.05) is 0 Å². The van der Waals surface area contributed by atoms with E-state index in [4.69, 9.17) is 9.47 Å². The minimum atomic E-state index is 0.292. The normalized spacial score (nSPS) is 31.4. The number of fused-ring (bicyclic) bond motifs is 1. The van der Waals surface area contributed by atoms with Gasteiger partial charge in [-0.2, -0.15) is 0 Å². The van der Waals surface area contributed by atoms with E-state index in [2.05, 4.69) is 19.8 Å². The number of aromatic nitrogens is 2. The van der Waals surface area contributed by atoms with Crippen molar-refractivity contribution in [3.63, 3.8) is 0 Å². The molecule has 162 valence electrons. The average molecular weight is 404 g/mol. The molecule has 1 aliphatic carbocycles. The van der Waals surface area contributed by atoms with Crippen LogP contribution in [0.1, 0.15) is 31.2 Å². The summed E-state index contributed by atoms with van der Waals surface area (Å²) in [4.78, 5) is 16.2. The van der Waals surface area contributed by atoms with Crippen molar-refractivity contribution >= 4 is 5.95 Å². The van der Waals surface area contributed by atoms with E-state index in [0.717, 1.165) is 70.5 Å². The zero-order valence-electron chi connectivity index (χ0n) is 18.3. The first-order valence-electron chi connectivity index (χ1n) is 11.1. The van der Waals surface area contributed by atoms with Gasteiger partial charge in [-0.25, -0.2) is 9.97 Å². The summed E-state index contributed by atoms with van der Waals surface area (Å²) in [6, 6.07) is 0.729. The van der Waals surface area contributed by atoms with E-state index in [9.17, 15) is 0 Å². The molecular formula is C22H37N5O2. The van der Waals surface area contributed by atoms with Gasteiger partial charge in [0.15, 0.2) is 0 Å². The molecule has 7 heteroatoms. The van der Waals surface area contributed by atoms with E-state index < -0.39 is 0 Å². The number of piperidine rings is 1. The lowest BCUT2D eigenvalue weighted by Gasteiger charge is -2.54. The van der Waals surface area contributed by atoms with Crippen LogP contribution in [-0.4, -0.2) is 93.0 Å². The van der Waals surface area contributed by atoms with Gasteiger partial charge in [0.05, 0.1) is 19.8 Å². The third-order valence-corrected chi connectivity index (χ3v) is 7.22. The molecule has 0 spiro atoms. The van der Waals surface area contributed by atoms with Crippen LogP contribution in [0.15, 0.2) is 12.4 Å². The Labute approximate surface area is 175 Å². The highest BCUT2D eigenvalue weighted by atomic mass is 16.5. The summed E-state index contributed by atoms with van der Waals surface area (Å²) in [7, 11) is 5.82. The zero-order chi connectivity index (χ0) is 20.3. The molecule has 0 N–H and O–H groups in total. The summed E-state index contributed by atoms with van der Waals surface area (Å²) < 4.78 is 11.3. The van der Waals surface area contributed by atoms with Gasteiger partial charge in [-0.3, -0.25) is 9.80 Å². The molecule has 3 fully saturated rings. The van der Waals surface area contributed by atoms with Gasteiger partial charge in [0.2, 0.25) is 5.95 Å². The molecule has 1 saturated carbocycles. The molecule has 3 aliphatic rings. The number of methoxy groups -OCH3 is 1. The van der Waals surface area contributed by atoms with E-state index in [0.29, 0.717) is 5.41 Å². The highest BCUT2D eigenvalue weighted by molar-refractivity contribution is 5.26. The molecule has 0 aromatic carbocycles. The largest absolute Gasteiger partial charge is 0.384 e. The Morgan fingerprint density at radius 2 is 1.93 bits per heavy atom. The van der Waals surface area contributed by atoms with Gasteiger partial charge in [0, 0.05) is 76.8 Å². The Balaban J connectivity index is 1.40. The highest BCUT2D eigenvalue weighted by Crippen LogP contribution is 2.48. The van der Waals surface area contributed by atoms with Gasteiger partial charge in [0.25, 0.3) is 0 Å². The van der Waals surface area contributed by atoms with Crippen molar-refractivity contribution in [1.29, 1.82) is 0 Å². The number of nitrogens with zero attached hydrogens (tertiary/aromatic N) is 5. The Bertz CT molecular complexity index is 649. The Kier molecular flexibility index (Phi) is 6.69. The number of hydrogen-bond donors (Lipinski definition) is 0.